The predicted octanol–water partition coefficient (Wildman–Crippen LogP) is 1.61. The summed E-state index contributed by atoms with van der Waals surface area (Å²) in [4.78, 5) is 8.36. The normalized spacial score (nSPS) is 9.82. The van der Waals surface area contributed by atoms with Gasteiger partial charge < -0.3 is 10.8 Å². The topological polar surface area (TPSA) is 63.3 Å². The Balaban J connectivity index is 0. The maximum absolute atomic E-state index is 8.36. The lowest BCUT2D eigenvalue weighted by Crippen LogP contribution is -2.31. The third kappa shape index (κ3) is 26.5. The van der Waals surface area contributed by atoms with Crippen molar-refractivity contribution in [3.63, 3.8) is 0 Å². The van der Waals surface area contributed by atoms with E-state index >= 15 is 0 Å². The summed E-state index contributed by atoms with van der Waals surface area (Å²) in [6.45, 7) is 6.08. The fraction of sp³-hybridized carbons (Fsp3) is 0.875. The van der Waals surface area contributed by atoms with E-state index in [4.69, 9.17) is 15.6 Å². The molecule has 0 fully saturated rings. The third-order valence-corrected chi connectivity index (χ3v) is 1.17. The number of hydrogen-bond acceptors (Lipinski definition) is 2. The van der Waals surface area contributed by atoms with Gasteiger partial charge in [0.25, 0.3) is 6.47 Å². The summed E-state index contributed by atoms with van der Waals surface area (Å²) in [6, 6.07) is 0. The highest BCUT2D eigenvalue weighted by molar-refractivity contribution is 5.32. The molecule has 0 unspecified atom stereocenters. The molecule has 0 radical (unpaired) electrons. The minimum atomic E-state index is -0.250. The zero-order chi connectivity index (χ0) is 9.33. The van der Waals surface area contributed by atoms with Crippen LogP contribution in [-0.2, 0) is 4.79 Å². The van der Waals surface area contributed by atoms with Crippen molar-refractivity contribution in [2.75, 3.05) is 0 Å². The molecule has 3 N–H and O–H groups in total. The van der Waals surface area contributed by atoms with Crippen LogP contribution in [-0.4, -0.2) is 17.1 Å². The fourth-order valence-electron chi connectivity index (χ4n) is 0.632. The number of carbonyl (C=O) groups is 1. The molecular weight excluding hydrogens is 142 g/mol. The zero-order valence-electron chi connectivity index (χ0n) is 7.63. The molecular formula is C8H19NO2. The van der Waals surface area contributed by atoms with Gasteiger partial charge in [-0.15, -0.1) is 0 Å². The van der Waals surface area contributed by atoms with Crippen LogP contribution in [0.5, 0.6) is 0 Å². The molecule has 0 saturated carbocycles. The Kier molecular flexibility index (Phi) is 8.94. The van der Waals surface area contributed by atoms with Crippen LogP contribution in [0.1, 0.15) is 40.0 Å². The Bertz CT molecular complexity index is 86.6. The fourth-order valence-corrected chi connectivity index (χ4v) is 0.632. The Morgan fingerprint density at radius 2 is 1.91 bits per heavy atom. The molecule has 0 heterocycles. The largest absolute Gasteiger partial charge is 0.483 e. The summed E-state index contributed by atoms with van der Waals surface area (Å²) < 4.78 is 0. The molecule has 0 aromatic carbocycles. The first-order chi connectivity index (χ1) is 4.97. The van der Waals surface area contributed by atoms with Gasteiger partial charge in [0.1, 0.15) is 0 Å². The maximum atomic E-state index is 8.36. The second kappa shape index (κ2) is 7.54. The van der Waals surface area contributed by atoms with Crippen LogP contribution in [0.15, 0.2) is 0 Å². The minimum Gasteiger partial charge on any atom is -0.483 e. The quantitative estimate of drug-likeness (QED) is 0.618. The van der Waals surface area contributed by atoms with Crippen LogP contribution in [0.4, 0.5) is 0 Å². The first-order valence-corrected chi connectivity index (χ1v) is 3.84. The van der Waals surface area contributed by atoms with Crippen LogP contribution in [0.2, 0.25) is 0 Å². The maximum Gasteiger partial charge on any atom is 0.290 e. The molecule has 3 heteroatoms. The summed E-state index contributed by atoms with van der Waals surface area (Å²) in [5.74, 6) is 0. The highest BCUT2D eigenvalue weighted by Gasteiger charge is 2.07. The number of carboxylic acid groups (broad SMARTS) is 1. The summed E-state index contributed by atoms with van der Waals surface area (Å²) in [5, 5.41) is 6.89. The van der Waals surface area contributed by atoms with Gasteiger partial charge in [0, 0.05) is 5.54 Å². The van der Waals surface area contributed by atoms with Crippen molar-refractivity contribution in [2.24, 2.45) is 5.73 Å². The first-order valence-electron chi connectivity index (χ1n) is 3.84. The van der Waals surface area contributed by atoms with Crippen molar-refractivity contribution < 1.29 is 9.90 Å². The summed E-state index contributed by atoms with van der Waals surface area (Å²) in [6.07, 6.45) is 3.65. The van der Waals surface area contributed by atoms with E-state index in [1.165, 1.54) is 12.8 Å². The molecule has 0 aromatic rings. The molecule has 0 aromatic heterocycles. The standard InChI is InChI=1S/C7H17N.CH2O2/c1-4-5-6-7(2,3)8;2-1-3/h4-6,8H2,1-3H3;1H,(H,2,3). The Labute approximate surface area is 68.6 Å². The van der Waals surface area contributed by atoms with Gasteiger partial charge in [-0.1, -0.05) is 19.8 Å². The lowest BCUT2D eigenvalue weighted by Gasteiger charge is -2.16. The number of nitrogens with two attached hydrogens (primary N) is 1. The molecule has 0 bridgehead atoms. The van der Waals surface area contributed by atoms with Crippen LogP contribution >= 0.6 is 0 Å². The van der Waals surface area contributed by atoms with Crippen molar-refractivity contribution in [1.82, 2.24) is 0 Å². The SMILES string of the molecule is CCCCC(C)(C)N.O=CO. The van der Waals surface area contributed by atoms with Crippen molar-refractivity contribution in [1.29, 1.82) is 0 Å². The van der Waals surface area contributed by atoms with Crippen LogP contribution in [0.3, 0.4) is 0 Å². The molecule has 0 atom stereocenters. The molecule has 3 nitrogen and oxygen atoms in total. The lowest BCUT2D eigenvalue weighted by molar-refractivity contribution is -0.122. The average Bonchev–Trinajstić information content (AvgIpc) is 1.84. The van der Waals surface area contributed by atoms with Crippen LogP contribution in [0.25, 0.3) is 0 Å². The first kappa shape index (κ1) is 13.1. The van der Waals surface area contributed by atoms with Crippen molar-refractivity contribution in [2.45, 2.75) is 45.6 Å². The molecule has 68 valence electrons. The molecule has 0 aliphatic carbocycles. The zero-order valence-corrected chi connectivity index (χ0v) is 7.63. The van der Waals surface area contributed by atoms with Crippen molar-refractivity contribution in [3.8, 4) is 0 Å². The van der Waals surface area contributed by atoms with E-state index in [2.05, 4.69) is 20.8 Å². The Hall–Kier alpha value is -0.570. The predicted molar refractivity (Wildman–Crippen MR) is 46.5 cm³/mol. The Morgan fingerprint density at radius 1 is 1.55 bits per heavy atom. The highest BCUT2D eigenvalue weighted by Crippen LogP contribution is 2.07. The van der Waals surface area contributed by atoms with E-state index in [9.17, 15) is 0 Å². The van der Waals surface area contributed by atoms with E-state index in [0.717, 1.165) is 6.42 Å². The molecule has 11 heavy (non-hydrogen) atoms. The van der Waals surface area contributed by atoms with Gasteiger partial charge in [-0.2, -0.15) is 0 Å². The van der Waals surface area contributed by atoms with Gasteiger partial charge in [-0.05, 0) is 20.3 Å². The van der Waals surface area contributed by atoms with Gasteiger partial charge in [0.05, 0.1) is 0 Å². The molecule has 0 saturated heterocycles. The summed E-state index contributed by atoms with van der Waals surface area (Å²) in [7, 11) is 0. The van der Waals surface area contributed by atoms with Gasteiger partial charge in [-0.3, -0.25) is 4.79 Å². The van der Waals surface area contributed by atoms with Crippen LogP contribution < -0.4 is 5.73 Å². The smallest absolute Gasteiger partial charge is 0.290 e. The number of hydrogen-bond donors (Lipinski definition) is 2. The van der Waals surface area contributed by atoms with Crippen molar-refractivity contribution >= 4 is 6.47 Å². The van der Waals surface area contributed by atoms with Gasteiger partial charge in [0.15, 0.2) is 0 Å². The van der Waals surface area contributed by atoms with E-state index < -0.39 is 0 Å². The number of unbranched alkanes of at least 4 members (excludes halogenated alkanes) is 1. The van der Waals surface area contributed by atoms with E-state index in [1.54, 1.807) is 0 Å². The number of rotatable bonds is 3. The molecule has 0 rings (SSSR count). The average molecular weight is 161 g/mol. The minimum absolute atomic E-state index is 0.0516. The molecule has 0 spiro atoms. The second-order valence-corrected chi connectivity index (χ2v) is 3.20. The molecule has 0 aliphatic heterocycles. The van der Waals surface area contributed by atoms with Gasteiger partial charge in [-0.25, -0.2) is 0 Å². The summed E-state index contributed by atoms with van der Waals surface area (Å²) in [5.41, 5.74) is 5.77. The lowest BCUT2D eigenvalue weighted by atomic mass is 9.99. The molecule has 0 aliphatic rings. The van der Waals surface area contributed by atoms with E-state index in [-0.39, 0.29) is 12.0 Å². The van der Waals surface area contributed by atoms with Crippen molar-refractivity contribution in [3.05, 3.63) is 0 Å². The second-order valence-electron chi connectivity index (χ2n) is 3.20. The summed E-state index contributed by atoms with van der Waals surface area (Å²) >= 11 is 0. The van der Waals surface area contributed by atoms with Gasteiger partial charge >= 0.3 is 0 Å². The Morgan fingerprint density at radius 3 is 2.00 bits per heavy atom. The van der Waals surface area contributed by atoms with Crippen LogP contribution in [0, 0.1) is 0 Å². The monoisotopic (exact) mass is 161 g/mol. The highest BCUT2D eigenvalue weighted by atomic mass is 16.3. The third-order valence-electron chi connectivity index (χ3n) is 1.17. The van der Waals surface area contributed by atoms with E-state index in [0.29, 0.717) is 0 Å². The molecule has 0 amide bonds. The van der Waals surface area contributed by atoms with Gasteiger partial charge in [0.2, 0.25) is 0 Å². The van der Waals surface area contributed by atoms with E-state index in [1.807, 2.05) is 0 Å².